The van der Waals surface area contributed by atoms with E-state index in [1.165, 1.54) is 11.1 Å². The molecule has 2 aliphatic rings. The first-order chi connectivity index (χ1) is 14.5. The lowest BCUT2D eigenvalue weighted by atomic mass is 9.62. The first kappa shape index (κ1) is 21.6. The van der Waals surface area contributed by atoms with Gasteiger partial charge in [0.25, 0.3) is 11.1 Å². The van der Waals surface area contributed by atoms with Crippen molar-refractivity contribution in [1.29, 1.82) is 0 Å². The Balaban J connectivity index is 2.00. The summed E-state index contributed by atoms with van der Waals surface area (Å²) in [6, 6.07) is 8.16. The fourth-order valence-electron chi connectivity index (χ4n) is 4.53. The Morgan fingerprint density at radius 2 is 1.71 bits per heavy atom. The van der Waals surface area contributed by atoms with E-state index in [1.807, 2.05) is 6.07 Å². The van der Waals surface area contributed by atoms with Gasteiger partial charge in [-0.3, -0.25) is 14.9 Å². The number of aryl methyl sites for hydroxylation is 1. The number of methoxy groups -OCH3 is 1. The topological polar surface area (TPSA) is 68.3 Å². The second-order valence-electron chi connectivity index (χ2n) is 9.62. The Hall–Kier alpha value is -2.60. The van der Waals surface area contributed by atoms with Crippen molar-refractivity contribution in [3.63, 3.8) is 0 Å². The molecule has 0 unspecified atom stereocenters. The Morgan fingerprint density at radius 1 is 1.06 bits per heavy atom. The first-order valence-electron chi connectivity index (χ1n) is 10.5. The molecule has 1 N–H and O–H groups in total. The number of pyridine rings is 1. The van der Waals surface area contributed by atoms with Gasteiger partial charge in [0, 0.05) is 23.4 Å². The van der Waals surface area contributed by atoms with Crippen molar-refractivity contribution in [2.45, 2.75) is 58.3 Å². The van der Waals surface area contributed by atoms with Crippen molar-refractivity contribution in [3.8, 4) is 5.88 Å². The molecule has 0 saturated carbocycles. The maximum Gasteiger partial charge on any atom is 0.290 e. The highest BCUT2D eigenvalue weighted by Gasteiger charge is 2.38. The van der Waals surface area contributed by atoms with Gasteiger partial charge >= 0.3 is 0 Å². The number of amides is 2. The van der Waals surface area contributed by atoms with Crippen LogP contribution >= 0.6 is 11.8 Å². The van der Waals surface area contributed by atoms with Gasteiger partial charge in [-0.15, -0.1) is 0 Å². The number of carbonyl (C=O) groups excluding carboxylic acids is 2. The van der Waals surface area contributed by atoms with Gasteiger partial charge in [-0.2, -0.15) is 0 Å². The molecule has 2 amide bonds. The van der Waals surface area contributed by atoms with Crippen molar-refractivity contribution >= 4 is 28.5 Å². The number of carbonyl (C=O) groups is 2. The highest BCUT2D eigenvalue weighted by atomic mass is 32.2. The minimum absolute atomic E-state index is 0.0299. The molecule has 0 bridgehead atoms. The van der Waals surface area contributed by atoms with Crippen LogP contribution in [0.5, 0.6) is 5.88 Å². The molecule has 1 aliphatic carbocycles. The molecule has 31 heavy (non-hydrogen) atoms. The molecule has 1 aliphatic heterocycles. The number of aromatic nitrogens is 1. The third-order valence-electron chi connectivity index (χ3n) is 6.54. The number of thioether (sulfide) groups is 1. The molecule has 1 aromatic carbocycles. The number of hydrogen-bond acceptors (Lipinski definition) is 5. The minimum atomic E-state index is -0.363. The molecular formula is C25H28N2O3S. The molecule has 0 spiro atoms. The van der Waals surface area contributed by atoms with Crippen molar-refractivity contribution in [2.75, 3.05) is 7.11 Å². The summed E-state index contributed by atoms with van der Waals surface area (Å²) in [5.41, 5.74) is 6.35. The Bertz CT molecular complexity index is 1110. The van der Waals surface area contributed by atoms with Gasteiger partial charge < -0.3 is 4.74 Å². The van der Waals surface area contributed by atoms with Crippen LogP contribution in [0.25, 0.3) is 5.57 Å². The van der Waals surface area contributed by atoms with Crippen LogP contribution in [0.1, 0.15) is 68.4 Å². The molecule has 1 saturated heterocycles. The monoisotopic (exact) mass is 436 g/mol. The number of nitrogens with zero attached hydrogens (tertiary/aromatic N) is 1. The normalized spacial score (nSPS) is 20.8. The molecule has 5 nitrogen and oxygen atoms in total. The maximum absolute atomic E-state index is 12.7. The van der Waals surface area contributed by atoms with E-state index in [0.717, 1.165) is 46.9 Å². The maximum atomic E-state index is 12.7. The lowest BCUT2D eigenvalue weighted by Crippen LogP contribution is -2.34. The smallest absolute Gasteiger partial charge is 0.290 e. The molecular weight excluding hydrogens is 408 g/mol. The third-order valence-corrected chi connectivity index (χ3v) is 7.43. The van der Waals surface area contributed by atoms with Crippen LogP contribution in [0.15, 0.2) is 35.4 Å². The number of imide groups is 1. The van der Waals surface area contributed by atoms with Crippen molar-refractivity contribution in [2.24, 2.45) is 0 Å². The number of benzene rings is 1. The Labute approximate surface area is 187 Å². The van der Waals surface area contributed by atoms with Gasteiger partial charge in [0.05, 0.1) is 12.0 Å². The number of rotatable bonds is 3. The van der Waals surface area contributed by atoms with E-state index >= 15 is 0 Å². The fraction of sp³-hybridized carbons (Fsp3) is 0.400. The zero-order valence-corrected chi connectivity index (χ0v) is 19.7. The van der Waals surface area contributed by atoms with E-state index in [0.29, 0.717) is 10.8 Å². The molecule has 1 fully saturated rings. The highest BCUT2D eigenvalue weighted by Crippen LogP contribution is 2.48. The van der Waals surface area contributed by atoms with E-state index < -0.39 is 0 Å². The summed E-state index contributed by atoms with van der Waals surface area (Å²) in [5.74, 6) is 0.135. The van der Waals surface area contributed by atoms with Crippen LogP contribution in [-0.4, -0.2) is 23.2 Å². The van der Waals surface area contributed by atoms with Gasteiger partial charge in [0.1, 0.15) is 0 Å². The van der Waals surface area contributed by atoms with Crippen LogP contribution in [0.4, 0.5) is 4.79 Å². The van der Waals surface area contributed by atoms with Gasteiger partial charge in [-0.25, -0.2) is 4.98 Å². The minimum Gasteiger partial charge on any atom is -0.481 e. The van der Waals surface area contributed by atoms with Crippen LogP contribution in [0.3, 0.4) is 0 Å². The van der Waals surface area contributed by atoms with Crippen LogP contribution in [-0.2, 0) is 15.6 Å². The third kappa shape index (κ3) is 3.78. The van der Waals surface area contributed by atoms with E-state index in [-0.39, 0.29) is 22.0 Å². The van der Waals surface area contributed by atoms with Crippen LogP contribution in [0, 0.1) is 6.92 Å². The molecule has 162 valence electrons. The zero-order valence-electron chi connectivity index (χ0n) is 18.9. The summed E-state index contributed by atoms with van der Waals surface area (Å²) in [5, 5.41) is 2.05. The SMILES string of the molecule is COc1ccc(/C(=C2\SC(=O)NC2=O)c2cc3c(cc2C)C(C)(C)CCC3(C)C)cn1. The molecule has 0 atom stereocenters. The van der Waals surface area contributed by atoms with E-state index in [4.69, 9.17) is 4.74 Å². The quantitative estimate of drug-likeness (QED) is 0.645. The van der Waals surface area contributed by atoms with E-state index in [9.17, 15) is 9.59 Å². The van der Waals surface area contributed by atoms with Gasteiger partial charge in [0.15, 0.2) is 0 Å². The Morgan fingerprint density at radius 3 is 2.23 bits per heavy atom. The summed E-state index contributed by atoms with van der Waals surface area (Å²) in [6.45, 7) is 11.2. The van der Waals surface area contributed by atoms with Crippen molar-refractivity contribution < 1.29 is 14.3 Å². The number of fused-ring (bicyclic) bond motifs is 1. The summed E-state index contributed by atoms with van der Waals surface area (Å²) >= 11 is 0.948. The average molecular weight is 437 g/mol. The van der Waals surface area contributed by atoms with E-state index in [2.05, 4.69) is 57.1 Å². The van der Waals surface area contributed by atoms with Crippen molar-refractivity contribution in [3.05, 3.63) is 63.2 Å². The standard InChI is InChI=1S/C25H28N2O3S/c1-14-11-17-18(25(4,5)10-9-24(17,2)3)12-16(14)20(21-22(28)27-23(29)31-21)15-7-8-19(30-6)26-13-15/h7-8,11-13H,9-10H2,1-6H3,(H,27,28,29)/b21-20+. The molecule has 2 heterocycles. The lowest BCUT2D eigenvalue weighted by molar-refractivity contribution is -0.115. The molecule has 6 heteroatoms. The predicted molar refractivity (Wildman–Crippen MR) is 124 cm³/mol. The Kier molecular flexibility index (Phi) is 5.24. The van der Waals surface area contributed by atoms with E-state index in [1.54, 1.807) is 19.4 Å². The lowest BCUT2D eigenvalue weighted by Gasteiger charge is -2.42. The van der Waals surface area contributed by atoms with Gasteiger partial charge in [-0.05, 0) is 76.7 Å². The molecule has 0 radical (unpaired) electrons. The number of hydrogen-bond donors (Lipinski definition) is 1. The van der Waals surface area contributed by atoms with Crippen LogP contribution < -0.4 is 10.1 Å². The summed E-state index contributed by atoms with van der Waals surface area (Å²) in [4.78, 5) is 29.4. The van der Waals surface area contributed by atoms with Gasteiger partial charge in [-0.1, -0.05) is 33.8 Å². The summed E-state index contributed by atoms with van der Waals surface area (Å²) in [7, 11) is 1.57. The molecule has 2 aromatic rings. The highest BCUT2D eigenvalue weighted by molar-refractivity contribution is 8.18. The fourth-order valence-corrected chi connectivity index (χ4v) is 5.33. The average Bonchev–Trinajstić information content (AvgIpc) is 3.05. The second-order valence-corrected chi connectivity index (χ2v) is 10.6. The predicted octanol–water partition coefficient (Wildman–Crippen LogP) is 5.49. The largest absolute Gasteiger partial charge is 0.481 e. The second kappa shape index (κ2) is 7.52. The molecule has 4 rings (SSSR count). The van der Waals surface area contributed by atoms with Gasteiger partial charge in [0.2, 0.25) is 5.88 Å². The number of ether oxygens (including phenoxy) is 1. The number of nitrogens with one attached hydrogen (secondary N) is 1. The molecule has 1 aromatic heterocycles. The zero-order chi connectivity index (χ0) is 22.6. The summed E-state index contributed by atoms with van der Waals surface area (Å²) in [6.07, 6.45) is 3.93. The van der Waals surface area contributed by atoms with Crippen LogP contribution in [0.2, 0.25) is 0 Å². The first-order valence-corrected chi connectivity index (χ1v) is 11.3. The van der Waals surface area contributed by atoms with Crippen molar-refractivity contribution in [1.82, 2.24) is 10.3 Å². The summed E-state index contributed by atoms with van der Waals surface area (Å²) < 4.78 is 5.20.